The number of hydrogen-bond donors (Lipinski definition) is 2. The standard InChI is InChI=1S/C20H25FO4/c1-12(11-21)13(2)20(14-5-7-16(22)18(9-14)24-3)15-6-8-17(23)19(10-15)25-4/h5-10,12-13,20,22-23H,11H2,1-4H3/t12-,13+/m0/s1. The van der Waals surface area contributed by atoms with E-state index in [4.69, 9.17) is 9.47 Å². The Balaban J connectivity index is 2.57. The number of hydrogen-bond acceptors (Lipinski definition) is 4. The maximum absolute atomic E-state index is 13.3. The van der Waals surface area contributed by atoms with Crippen LogP contribution in [0.1, 0.15) is 30.9 Å². The zero-order chi connectivity index (χ0) is 18.6. The first-order chi connectivity index (χ1) is 11.9. The molecule has 136 valence electrons. The van der Waals surface area contributed by atoms with E-state index in [9.17, 15) is 14.6 Å². The molecule has 0 aromatic heterocycles. The summed E-state index contributed by atoms with van der Waals surface area (Å²) in [6.07, 6.45) is 0. The van der Waals surface area contributed by atoms with Gasteiger partial charge in [0.15, 0.2) is 23.0 Å². The van der Waals surface area contributed by atoms with Gasteiger partial charge >= 0.3 is 0 Å². The second kappa shape index (κ2) is 8.10. The molecule has 0 fully saturated rings. The summed E-state index contributed by atoms with van der Waals surface area (Å²) in [4.78, 5) is 0. The van der Waals surface area contributed by atoms with Crippen molar-refractivity contribution in [2.75, 3.05) is 20.9 Å². The van der Waals surface area contributed by atoms with E-state index in [1.165, 1.54) is 14.2 Å². The smallest absolute Gasteiger partial charge is 0.160 e. The minimum Gasteiger partial charge on any atom is -0.504 e. The summed E-state index contributed by atoms with van der Waals surface area (Å²) in [5.74, 6) is 0.522. The first kappa shape index (κ1) is 18.9. The van der Waals surface area contributed by atoms with Crippen molar-refractivity contribution in [3.05, 3.63) is 47.5 Å². The first-order valence-corrected chi connectivity index (χ1v) is 8.22. The van der Waals surface area contributed by atoms with Crippen LogP contribution in [0.15, 0.2) is 36.4 Å². The van der Waals surface area contributed by atoms with Gasteiger partial charge in [-0.15, -0.1) is 0 Å². The molecule has 0 aliphatic rings. The number of rotatable bonds is 7. The Kier molecular flexibility index (Phi) is 6.12. The van der Waals surface area contributed by atoms with Crippen molar-refractivity contribution in [3.63, 3.8) is 0 Å². The summed E-state index contributed by atoms with van der Waals surface area (Å²) in [5.41, 5.74) is 1.80. The van der Waals surface area contributed by atoms with Gasteiger partial charge in [-0.3, -0.25) is 4.39 Å². The summed E-state index contributed by atoms with van der Waals surface area (Å²) in [6, 6.07) is 10.3. The van der Waals surface area contributed by atoms with E-state index in [1.54, 1.807) is 24.3 Å². The Hall–Kier alpha value is -2.43. The molecule has 25 heavy (non-hydrogen) atoms. The van der Waals surface area contributed by atoms with Gasteiger partial charge in [-0.2, -0.15) is 0 Å². The minimum atomic E-state index is -0.428. The van der Waals surface area contributed by atoms with Gasteiger partial charge in [-0.05, 0) is 47.2 Å². The highest BCUT2D eigenvalue weighted by Gasteiger charge is 2.27. The zero-order valence-corrected chi connectivity index (χ0v) is 15.0. The Bertz CT molecular complexity index is 663. The fourth-order valence-corrected chi connectivity index (χ4v) is 3.04. The lowest BCUT2D eigenvalue weighted by atomic mass is 9.76. The molecule has 2 rings (SSSR count). The van der Waals surface area contributed by atoms with Crippen LogP contribution in [-0.2, 0) is 0 Å². The number of phenols is 2. The molecule has 2 aromatic rings. The SMILES string of the molecule is COc1cc(C(c2ccc(O)c(OC)c2)[C@H](C)[C@@H](C)CF)ccc1O. The highest BCUT2D eigenvalue weighted by Crippen LogP contribution is 2.41. The second-order valence-electron chi connectivity index (χ2n) is 6.33. The van der Waals surface area contributed by atoms with Gasteiger partial charge < -0.3 is 19.7 Å². The molecule has 2 atom stereocenters. The monoisotopic (exact) mass is 348 g/mol. The van der Waals surface area contributed by atoms with Crippen molar-refractivity contribution in [3.8, 4) is 23.0 Å². The third kappa shape index (κ3) is 3.98. The van der Waals surface area contributed by atoms with Crippen LogP contribution >= 0.6 is 0 Å². The lowest BCUT2D eigenvalue weighted by molar-refractivity contribution is 0.275. The highest BCUT2D eigenvalue weighted by molar-refractivity contribution is 5.49. The number of halogens is 1. The van der Waals surface area contributed by atoms with Gasteiger partial charge in [0.1, 0.15) is 0 Å². The minimum absolute atomic E-state index is 0.0199. The number of phenolic OH excluding ortho intramolecular Hbond substituents is 2. The summed E-state index contributed by atoms with van der Waals surface area (Å²) >= 11 is 0. The topological polar surface area (TPSA) is 58.9 Å². The van der Waals surface area contributed by atoms with E-state index in [0.717, 1.165) is 11.1 Å². The van der Waals surface area contributed by atoms with Crippen LogP contribution in [0.25, 0.3) is 0 Å². The number of alkyl halides is 1. The van der Waals surface area contributed by atoms with Crippen molar-refractivity contribution in [1.29, 1.82) is 0 Å². The zero-order valence-electron chi connectivity index (χ0n) is 15.0. The number of ether oxygens (including phenoxy) is 2. The van der Waals surface area contributed by atoms with E-state index in [0.29, 0.717) is 11.5 Å². The Morgan fingerprint density at radius 3 is 1.68 bits per heavy atom. The third-order valence-electron chi connectivity index (χ3n) is 4.79. The number of aromatic hydroxyl groups is 2. The second-order valence-corrected chi connectivity index (χ2v) is 6.33. The van der Waals surface area contributed by atoms with E-state index in [2.05, 4.69) is 0 Å². The largest absolute Gasteiger partial charge is 0.504 e. The normalized spacial score (nSPS) is 13.5. The molecule has 0 aliphatic carbocycles. The van der Waals surface area contributed by atoms with E-state index in [-0.39, 0.29) is 29.3 Å². The van der Waals surface area contributed by atoms with Crippen molar-refractivity contribution in [2.45, 2.75) is 19.8 Å². The van der Waals surface area contributed by atoms with E-state index >= 15 is 0 Å². The van der Waals surface area contributed by atoms with E-state index in [1.807, 2.05) is 26.0 Å². The molecule has 0 aliphatic heterocycles. The molecule has 0 saturated heterocycles. The van der Waals surface area contributed by atoms with Gasteiger partial charge in [-0.1, -0.05) is 26.0 Å². The molecular weight excluding hydrogens is 323 g/mol. The Labute approximate surface area is 147 Å². The maximum Gasteiger partial charge on any atom is 0.160 e. The van der Waals surface area contributed by atoms with Crippen LogP contribution in [0.3, 0.4) is 0 Å². The fourth-order valence-electron chi connectivity index (χ4n) is 3.04. The van der Waals surface area contributed by atoms with Crippen LogP contribution < -0.4 is 9.47 Å². The van der Waals surface area contributed by atoms with Crippen LogP contribution in [0.4, 0.5) is 4.39 Å². The van der Waals surface area contributed by atoms with Gasteiger partial charge in [-0.25, -0.2) is 0 Å². The van der Waals surface area contributed by atoms with Crippen LogP contribution in [0, 0.1) is 11.8 Å². The third-order valence-corrected chi connectivity index (χ3v) is 4.79. The van der Waals surface area contributed by atoms with Crippen molar-refractivity contribution >= 4 is 0 Å². The summed E-state index contributed by atoms with van der Waals surface area (Å²) in [7, 11) is 2.98. The molecule has 0 amide bonds. The van der Waals surface area contributed by atoms with Gasteiger partial charge in [0.2, 0.25) is 0 Å². The summed E-state index contributed by atoms with van der Waals surface area (Å²) in [6.45, 7) is 3.43. The summed E-state index contributed by atoms with van der Waals surface area (Å²) in [5, 5.41) is 19.7. The average molecular weight is 348 g/mol. The van der Waals surface area contributed by atoms with Crippen LogP contribution in [0.5, 0.6) is 23.0 Å². The highest BCUT2D eigenvalue weighted by atomic mass is 19.1. The number of benzene rings is 2. The van der Waals surface area contributed by atoms with Crippen molar-refractivity contribution in [2.24, 2.45) is 11.8 Å². The molecule has 0 bridgehead atoms. The average Bonchev–Trinajstić information content (AvgIpc) is 2.63. The summed E-state index contributed by atoms with van der Waals surface area (Å²) < 4.78 is 23.7. The molecule has 0 heterocycles. The van der Waals surface area contributed by atoms with Gasteiger partial charge in [0, 0.05) is 5.92 Å². The maximum atomic E-state index is 13.3. The fraction of sp³-hybridized carbons (Fsp3) is 0.400. The lowest BCUT2D eigenvalue weighted by Crippen LogP contribution is -2.20. The van der Waals surface area contributed by atoms with Crippen molar-refractivity contribution in [1.82, 2.24) is 0 Å². The quantitative estimate of drug-likeness (QED) is 0.774. The predicted octanol–water partition coefficient (Wildman–Crippen LogP) is 4.49. The predicted molar refractivity (Wildman–Crippen MR) is 95.5 cm³/mol. The molecular formula is C20H25FO4. The molecule has 0 unspecified atom stereocenters. The Morgan fingerprint density at radius 1 is 0.880 bits per heavy atom. The number of methoxy groups -OCH3 is 2. The van der Waals surface area contributed by atoms with E-state index < -0.39 is 6.67 Å². The van der Waals surface area contributed by atoms with Gasteiger partial charge in [0.25, 0.3) is 0 Å². The molecule has 0 spiro atoms. The molecule has 2 N–H and O–H groups in total. The molecule has 2 aromatic carbocycles. The molecule has 0 radical (unpaired) electrons. The van der Waals surface area contributed by atoms with Crippen LogP contribution in [-0.4, -0.2) is 31.1 Å². The van der Waals surface area contributed by atoms with Crippen molar-refractivity contribution < 1.29 is 24.1 Å². The Morgan fingerprint density at radius 2 is 1.32 bits per heavy atom. The van der Waals surface area contributed by atoms with Crippen LogP contribution in [0.2, 0.25) is 0 Å². The molecule has 4 nitrogen and oxygen atoms in total. The molecule has 5 heteroatoms. The molecule has 0 saturated carbocycles. The lowest BCUT2D eigenvalue weighted by Gasteiger charge is -2.29. The first-order valence-electron chi connectivity index (χ1n) is 8.22. The van der Waals surface area contributed by atoms with Gasteiger partial charge in [0.05, 0.1) is 20.9 Å².